The van der Waals surface area contributed by atoms with Crippen molar-refractivity contribution in [1.82, 2.24) is 15.1 Å². The molecule has 3 aromatic rings. The van der Waals surface area contributed by atoms with Crippen LogP contribution in [0, 0.1) is 5.82 Å². The number of rotatable bonds is 4. The van der Waals surface area contributed by atoms with Crippen molar-refractivity contribution in [3.05, 3.63) is 77.8 Å². The van der Waals surface area contributed by atoms with E-state index in [2.05, 4.69) is 5.32 Å². The van der Waals surface area contributed by atoms with Crippen LogP contribution in [0.3, 0.4) is 0 Å². The van der Waals surface area contributed by atoms with Crippen LogP contribution in [-0.4, -0.2) is 72.2 Å². The molecule has 1 saturated heterocycles. The standard InChI is InChI=1S/C30H33FN4O5/c1-30(2,3)40-29(38)33-14-15-34(27(36)24-8-5-4-7-23(24)26-9-6-16-39-26)22(19-33)18-32-28(37)35-13-12-20-10-11-21(31)17-25(20)35/h4-11,16-17,22H,12-15,18-19H2,1-3H3,(H,32,37). The number of nitrogens with zero attached hydrogens (tertiary/aromatic N) is 3. The lowest BCUT2D eigenvalue weighted by molar-refractivity contribution is 0.00477. The molecule has 2 aliphatic heterocycles. The van der Waals surface area contributed by atoms with Gasteiger partial charge in [-0.15, -0.1) is 0 Å². The van der Waals surface area contributed by atoms with Crippen LogP contribution in [0.1, 0.15) is 36.7 Å². The summed E-state index contributed by atoms with van der Waals surface area (Å²) in [6.45, 7) is 6.62. The zero-order valence-electron chi connectivity index (χ0n) is 22.9. The smallest absolute Gasteiger partial charge is 0.410 e. The number of carbonyl (C=O) groups is 3. The molecule has 1 unspecified atom stereocenters. The first-order chi connectivity index (χ1) is 19.1. The first-order valence-electron chi connectivity index (χ1n) is 13.4. The van der Waals surface area contributed by atoms with Crippen LogP contribution >= 0.6 is 0 Å². The lowest BCUT2D eigenvalue weighted by atomic mass is 10.0. The molecule has 1 N–H and O–H groups in total. The predicted molar refractivity (Wildman–Crippen MR) is 148 cm³/mol. The summed E-state index contributed by atoms with van der Waals surface area (Å²) in [5.41, 5.74) is 1.89. The van der Waals surface area contributed by atoms with Crippen molar-refractivity contribution >= 4 is 23.7 Å². The van der Waals surface area contributed by atoms with E-state index in [9.17, 15) is 18.8 Å². The Kier molecular flexibility index (Phi) is 7.51. The van der Waals surface area contributed by atoms with Gasteiger partial charge in [0.15, 0.2) is 0 Å². The van der Waals surface area contributed by atoms with Gasteiger partial charge in [-0.05, 0) is 63.1 Å². The van der Waals surface area contributed by atoms with Crippen molar-refractivity contribution in [1.29, 1.82) is 0 Å². The highest BCUT2D eigenvalue weighted by Crippen LogP contribution is 2.29. The molecule has 0 spiro atoms. The first-order valence-corrected chi connectivity index (χ1v) is 13.4. The van der Waals surface area contributed by atoms with E-state index < -0.39 is 23.6 Å². The molecule has 1 fully saturated rings. The third kappa shape index (κ3) is 5.80. The van der Waals surface area contributed by atoms with Crippen molar-refractivity contribution in [2.75, 3.05) is 37.6 Å². The number of nitrogens with one attached hydrogen (secondary N) is 1. The number of carbonyl (C=O) groups excluding carboxylic acids is 3. The van der Waals surface area contributed by atoms with E-state index in [0.717, 1.165) is 5.56 Å². The highest BCUT2D eigenvalue weighted by atomic mass is 19.1. The maximum Gasteiger partial charge on any atom is 0.410 e. The molecule has 0 bridgehead atoms. The highest BCUT2D eigenvalue weighted by molar-refractivity contribution is 6.00. The number of hydrogen-bond donors (Lipinski definition) is 1. The van der Waals surface area contributed by atoms with Crippen LogP contribution in [-0.2, 0) is 11.2 Å². The minimum Gasteiger partial charge on any atom is -0.464 e. The van der Waals surface area contributed by atoms with Crippen LogP contribution < -0.4 is 10.2 Å². The molecule has 5 rings (SSSR count). The number of anilines is 1. The Balaban J connectivity index is 1.37. The van der Waals surface area contributed by atoms with Gasteiger partial charge in [-0.2, -0.15) is 0 Å². The van der Waals surface area contributed by atoms with Crippen molar-refractivity contribution in [2.45, 2.75) is 38.8 Å². The summed E-state index contributed by atoms with van der Waals surface area (Å²) in [6, 6.07) is 14.3. The Labute approximate surface area is 232 Å². The molecule has 10 heteroatoms. The number of piperazine rings is 1. The second-order valence-corrected chi connectivity index (χ2v) is 11.0. The zero-order valence-corrected chi connectivity index (χ0v) is 22.9. The summed E-state index contributed by atoms with van der Waals surface area (Å²) in [5.74, 6) is -0.0736. The number of ether oxygens (including phenoxy) is 1. The van der Waals surface area contributed by atoms with Gasteiger partial charge < -0.3 is 24.3 Å². The topological polar surface area (TPSA) is 95.3 Å². The summed E-state index contributed by atoms with van der Waals surface area (Å²) in [5, 5.41) is 2.91. The van der Waals surface area contributed by atoms with Crippen LogP contribution in [0.25, 0.3) is 11.3 Å². The summed E-state index contributed by atoms with van der Waals surface area (Å²) >= 11 is 0. The minimum absolute atomic E-state index is 0.0912. The normalized spacial score (nSPS) is 17.0. The van der Waals surface area contributed by atoms with Gasteiger partial charge in [0.1, 0.15) is 17.2 Å². The quantitative estimate of drug-likeness (QED) is 0.500. The van der Waals surface area contributed by atoms with Crippen LogP contribution in [0.5, 0.6) is 0 Å². The molecule has 1 aromatic heterocycles. The maximum absolute atomic E-state index is 13.9. The molecule has 210 valence electrons. The Morgan fingerprint density at radius 3 is 2.60 bits per heavy atom. The van der Waals surface area contributed by atoms with E-state index in [1.165, 1.54) is 17.0 Å². The van der Waals surface area contributed by atoms with Crippen LogP contribution in [0.2, 0.25) is 0 Å². The fourth-order valence-electron chi connectivity index (χ4n) is 5.12. The highest BCUT2D eigenvalue weighted by Gasteiger charge is 2.36. The summed E-state index contributed by atoms with van der Waals surface area (Å²) in [7, 11) is 0. The monoisotopic (exact) mass is 548 g/mol. The van der Waals surface area contributed by atoms with Crippen molar-refractivity contribution in [2.24, 2.45) is 0 Å². The summed E-state index contributed by atoms with van der Waals surface area (Å²) < 4.78 is 25.0. The second-order valence-electron chi connectivity index (χ2n) is 11.0. The van der Waals surface area contributed by atoms with E-state index in [4.69, 9.17) is 9.15 Å². The van der Waals surface area contributed by atoms with Gasteiger partial charge in [0, 0.05) is 38.3 Å². The third-order valence-corrected chi connectivity index (χ3v) is 7.02. The number of urea groups is 1. The molecule has 9 nitrogen and oxygen atoms in total. The SMILES string of the molecule is CC(C)(C)OC(=O)N1CCN(C(=O)c2ccccc2-c2ccco2)C(CNC(=O)N2CCc3ccc(F)cc32)C1. The Morgan fingerprint density at radius 2 is 1.85 bits per heavy atom. The molecule has 2 aromatic carbocycles. The number of hydrogen-bond acceptors (Lipinski definition) is 5. The van der Waals surface area contributed by atoms with E-state index in [0.29, 0.717) is 35.5 Å². The van der Waals surface area contributed by atoms with E-state index in [1.54, 1.807) is 67.2 Å². The molecule has 4 amide bonds. The molecular weight excluding hydrogens is 515 g/mol. The third-order valence-electron chi connectivity index (χ3n) is 7.02. The van der Waals surface area contributed by atoms with Gasteiger partial charge in [-0.1, -0.05) is 24.3 Å². The van der Waals surface area contributed by atoms with Gasteiger partial charge in [-0.3, -0.25) is 9.69 Å². The average molecular weight is 549 g/mol. The Bertz CT molecular complexity index is 1400. The lowest BCUT2D eigenvalue weighted by Crippen LogP contribution is -2.60. The molecule has 1 atom stereocenters. The van der Waals surface area contributed by atoms with Crippen molar-refractivity contribution in [3.8, 4) is 11.3 Å². The van der Waals surface area contributed by atoms with E-state index in [-0.39, 0.29) is 38.1 Å². The summed E-state index contributed by atoms with van der Waals surface area (Å²) in [6.07, 6.45) is 1.71. The predicted octanol–water partition coefficient (Wildman–Crippen LogP) is 4.92. The van der Waals surface area contributed by atoms with Gasteiger partial charge in [0.2, 0.25) is 0 Å². The van der Waals surface area contributed by atoms with Crippen LogP contribution in [0.4, 0.5) is 19.7 Å². The zero-order chi connectivity index (χ0) is 28.4. The van der Waals surface area contributed by atoms with Crippen LogP contribution in [0.15, 0.2) is 65.3 Å². The number of benzene rings is 2. The average Bonchev–Trinajstić information content (AvgIpc) is 3.60. The van der Waals surface area contributed by atoms with Gasteiger partial charge in [0.25, 0.3) is 5.91 Å². The van der Waals surface area contributed by atoms with Gasteiger partial charge in [-0.25, -0.2) is 14.0 Å². The fraction of sp³-hybridized carbons (Fsp3) is 0.367. The molecule has 0 saturated carbocycles. The Morgan fingerprint density at radius 1 is 1.05 bits per heavy atom. The number of fused-ring (bicyclic) bond motifs is 1. The molecule has 40 heavy (non-hydrogen) atoms. The van der Waals surface area contributed by atoms with Gasteiger partial charge >= 0.3 is 12.1 Å². The second kappa shape index (κ2) is 11.0. The number of furan rings is 1. The molecular formula is C30H33FN4O5. The maximum atomic E-state index is 13.9. The first kappa shape index (κ1) is 27.2. The molecule has 3 heterocycles. The number of amides is 4. The largest absolute Gasteiger partial charge is 0.464 e. The van der Waals surface area contributed by atoms with Crippen molar-refractivity contribution in [3.63, 3.8) is 0 Å². The summed E-state index contributed by atoms with van der Waals surface area (Å²) in [4.78, 5) is 44.7. The van der Waals surface area contributed by atoms with E-state index >= 15 is 0 Å². The van der Waals surface area contributed by atoms with Gasteiger partial charge in [0.05, 0.1) is 23.6 Å². The molecule has 0 radical (unpaired) electrons. The van der Waals surface area contributed by atoms with E-state index in [1.807, 2.05) is 12.1 Å². The molecule has 2 aliphatic rings. The van der Waals surface area contributed by atoms with Crippen molar-refractivity contribution < 1.29 is 27.9 Å². The Hall–Kier alpha value is -4.34. The molecule has 0 aliphatic carbocycles. The lowest BCUT2D eigenvalue weighted by Gasteiger charge is -2.42. The minimum atomic E-state index is -0.672. The number of halogens is 1. The fourth-order valence-corrected chi connectivity index (χ4v) is 5.12.